The Morgan fingerprint density at radius 2 is 2.00 bits per heavy atom. The molecule has 0 saturated carbocycles. The molecule has 2 heteroatoms. The molecule has 1 aliphatic heterocycles. The van der Waals surface area contributed by atoms with Crippen molar-refractivity contribution in [1.82, 2.24) is 4.90 Å². The maximum absolute atomic E-state index is 13.7. The number of hydrogen-bond donors (Lipinski definition) is 0. The molecule has 0 spiro atoms. The quantitative estimate of drug-likeness (QED) is 0.784. The van der Waals surface area contributed by atoms with E-state index in [1.54, 1.807) is 12.1 Å². The Labute approximate surface area is 110 Å². The lowest BCUT2D eigenvalue weighted by atomic mass is 9.83. The summed E-state index contributed by atoms with van der Waals surface area (Å²) in [5, 5.41) is 0. The summed E-state index contributed by atoms with van der Waals surface area (Å²) in [6, 6.07) is 7.14. The molecule has 0 amide bonds. The van der Waals surface area contributed by atoms with Crippen LogP contribution >= 0.6 is 0 Å². The van der Waals surface area contributed by atoms with Gasteiger partial charge in [-0.25, -0.2) is 4.39 Å². The Morgan fingerprint density at radius 3 is 2.67 bits per heavy atom. The maximum atomic E-state index is 13.7. The van der Waals surface area contributed by atoms with Gasteiger partial charge in [0.05, 0.1) is 0 Å². The zero-order valence-corrected chi connectivity index (χ0v) is 11.7. The van der Waals surface area contributed by atoms with Crippen molar-refractivity contribution in [2.24, 2.45) is 17.8 Å². The van der Waals surface area contributed by atoms with E-state index in [2.05, 4.69) is 25.7 Å². The monoisotopic (exact) mass is 249 g/mol. The zero-order chi connectivity index (χ0) is 13.1. The zero-order valence-electron chi connectivity index (χ0n) is 11.7. The van der Waals surface area contributed by atoms with E-state index < -0.39 is 0 Å². The van der Waals surface area contributed by atoms with Crippen molar-refractivity contribution in [2.75, 3.05) is 13.1 Å². The molecule has 1 aromatic rings. The topological polar surface area (TPSA) is 3.24 Å². The molecule has 0 bridgehead atoms. The number of piperidine rings is 1. The van der Waals surface area contributed by atoms with Crippen molar-refractivity contribution in [1.29, 1.82) is 0 Å². The molecule has 1 saturated heterocycles. The minimum atomic E-state index is -0.0724. The van der Waals surface area contributed by atoms with E-state index in [0.717, 1.165) is 43.0 Å². The van der Waals surface area contributed by atoms with E-state index in [0.29, 0.717) is 0 Å². The predicted octanol–water partition coefficient (Wildman–Crippen LogP) is 3.94. The third kappa shape index (κ3) is 3.32. The van der Waals surface area contributed by atoms with Gasteiger partial charge in [0.15, 0.2) is 0 Å². The van der Waals surface area contributed by atoms with Crippen molar-refractivity contribution in [3.63, 3.8) is 0 Å². The number of likely N-dealkylation sites (tertiary alicyclic amines) is 1. The van der Waals surface area contributed by atoms with Gasteiger partial charge >= 0.3 is 0 Å². The van der Waals surface area contributed by atoms with Gasteiger partial charge in [-0.3, -0.25) is 4.90 Å². The van der Waals surface area contributed by atoms with Crippen molar-refractivity contribution in [3.05, 3.63) is 35.6 Å². The molecule has 0 radical (unpaired) electrons. The van der Waals surface area contributed by atoms with Gasteiger partial charge in [-0.2, -0.15) is 0 Å². The van der Waals surface area contributed by atoms with E-state index in [4.69, 9.17) is 0 Å². The molecule has 100 valence electrons. The summed E-state index contributed by atoms with van der Waals surface area (Å²) < 4.78 is 13.7. The number of halogens is 1. The fourth-order valence-electron chi connectivity index (χ4n) is 2.99. The van der Waals surface area contributed by atoms with E-state index >= 15 is 0 Å². The summed E-state index contributed by atoms with van der Waals surface area (Å²) in [5.74, 6) is 2.12. The van der Waals surface area contributed by atoms with Crippen LogP contribution in [0.3, 0.4) is 0 Å². The lowest BCUT2D eigenvalue weighted by Crippen LogP contribution is -2.40. The van der Waals surface area contributed by atoms with Crippen LogP contribution in [-0.2, 0) is 6.54 Å². The first kappa shape index (κ1) is 13.5. The summed E-state index contributed by atoms with van der Waals surface area (Å²) in [6.45, 7) is 9.85. The van der Waals surface area contributed by atoms with Crippen LogP contribution in [0.15, 0.2) is 24.3 Å². The van der Waals surface area contributed by atoms with Gasteiger partial charge < -0.3 is 0 Å². The van der Waals surface area contributed by atoms with Crippen molar-refractivity contribution >= 4 is 0 Å². The van der Waals surface area contributed by atoms with Crippen LogP contribution < -0.4 is 0 Å². The van der Waals surface area contributed by atoms with Gasteiger partial charge in [0.25, 0.3) is 0 Å². The summed E-state index contributed by atoms with van der Waals surface area (Å²) in [5.41, 5.74) is 0.828. The summed E-state index contributed by atoms with van der Waals surface area (Å²) >= 11 is 0. The molecule has 1 heterocycles. The van der Waals surface area contributed by atoms with E-state index in [-0.39, 0.29) is 5.82 Å². The summed E-state index contributed by atoms with van der Waals surface area (Å²) in [7, 11) is 0. The first-order chi connectivity index (χ1) is 8.56. The number of rotatable bonds is 3. The van der Waals surface area contributed by atoms with E-state index in [1.807, 2.05) is 12.1 Å². The van der Waals surface area contributed by atoms with Crippen molar-refractivity contribution in [2.45, 2.75) is 33.7 Å². The second-order valence-electron chi connectivity index (χ2n) is 6.13. The van der Waals surface area contributed by atoms with Crippen LogP contribution in [0.4, 0.5) is 4.39 Å². The third-order valence-electron chi connectivity index (χ3n) is 4.06. The molecular formula is C16H24FN. The smallest absolute Gasteiger partial charge is 0.127 e. The predicted molar refractivity (Wildman–Crippen MR) is 73.8 cm³/mol. The van der Waals surface area contributed by atoms with E-state index in [1.165, 1.54) is 6.42 Å². The number of hydrogen-bond acceptors (Lipinski definition) is 1. The molecule has 1 aliphatic rings. The van der Waals surface area contributed by atoms with Crippen LogP contribution in [0.1, 0.15) is 32.8 Å². The van der Waals surface area contributed by atoms with Crippen molar-refractivity contribution < 1.29 is 4.39 Å². The molecule has 2 rings (SSSR count). The Balaban J connectivity index is 2.03. The van der Waals surface area contributed by atoms with Gasteiger partial charge in [-0.05, 0) is 30.2 Å². The maximum Gasteiger partial charge on any atom is 0.127 e. The molecule has 1 nitrogen and oxygen atoms in total. The van der Waals surface area contributed by atoms with Gasteiger partial charge in [0.2, 0.25) is 0 Å². The first-order valence-electron chi connectivity index (χ1n) is 7.02. The Kier molecular flexibility index (Phi) is 4.39. The van der Waals surface area contributed by atoms with Crippen molar-refractivity contribution in [3.8, 4) is 0 Å². The largest absolute Gasteiger partial charge is 0.298 e. The molecule has 18 heavy (non-hydrogen) atoms. The average Bonchev–Trinajstić information content (AvgIpc) is 2.31. The van der Waals surface area contributed by atoms with Gasteiger partial charge in [0.1, 0.15) is 5.82 Å². The summed E-state index contributed by atoms with van der Waals surface area (Å²) in [6.07, 6.45) is 1.31. The standard InChI is InChI=1S/C16H24FN/c1-12(2)15-8-13(3)9-18(11-15)10-14-6-4-5-7-16(14)17/h4-7,12-13,15H,8-11H2,1-3H3. The SMILES string of the molecule is CC1CC(C(C)C)CN(Cc2ccccc2F)C1. The third-order valence-corrected chi connectivity index (χ3v) is 4.06. The average molecular weight is 249 g/mol. The highest BCUT2D eigenvalue weighted by molar-refractivity contribution is 5.17. The number of benzene rings is 1. The Hall–Kier alpha value is -0.890. The Bertz CT molecular complexity index is 388. The fourth-order valence-corrected chi connectivity index (χ4v) is 2.99. The first-order valence-corrected chi connectivity index (χ1v) is 7.02. The lowest BCUT2D eigenvalue weighted by Gasteiger charge is -2.38. The molecule has 0 aromatic heterocycles. The fraction of sp³-hybridized carbons (Fsp3) is 0.625. The van der Waals surface area contributed by atoms with E-state index in [9.17, 15) is 4.39 Å². The molecule has 1 fully saturated rings. The van der Waals surface area contributed by atoms with Crippen LogP contribution in [-0.4, -0.2) is 18.0 Å². The van der Waals surface area contributed by atoms with Crippen LogP contribution in [0, 0.1) is 23.6 Å². The Morgan fingerprint density at radius 1 is 1.28 bits per heavy atom. The lowest BCUT2D eigenvalue weighted by molar-refractivity contribution is 0.100. The molecule has 0 aliphatic carbocycles. The highest BCUT2D eigenvalue weighted by atomic mass is 19.1. The molecule has 1 aromatic carbocycles. The second kappa shape index (κ2) is 5.83. The van der Waals surface area contributed by atoms with Gasteiger partial charge in [-0.15, -0.1) is 0 Å². The second-order valence-corrected chi connectivity index (χ2v) is 6.13. The van der Waals surface area contributed by atoms with Gasteiger partial charge in [0, 0.05) is 25.2 Å². The number of nitrogens with zero attached hydrogens (tertiary/aromatic N) is 1. The van der Waals surface area contributed by atoms with Crippen LogP contribution in [0.25, 0.3) is 0 Å². The molecular weight excluding hydrogens is 225 g/mol. The minimum absolute atomic E-state index is 0.0724. The summed E-state index contributed by atoms with van der Waals surface area (Å²) in [4.78, 5) is 2.41. The molecule has 0 N–H and O–H groups in total. The molecule has 2 unspecified atom stereocenters. The van der Waals surface area contributed by atoms with Gasteiger partial charge in [-0.1, -0.05) is 39.0 Å². The highest BCUT2D eigenvalue weighted by Gasteiger charge is 2.26. The minimum Gasteiger partial charge on any atom is -0.298 e. The molecule has 2 atom stereocenters. The normalized spacial score (nSPS) is 25.6. The van der Waals surface area contributed by atoms with Crippen LogP contribution in [0.2, 0.25) is 0 Å². The van der Waals surface area contributed by atoms with Crippen LogP contribution in [0.5, 0.6) is 0 Å². The highest BCUT2D eigenvalue weighted by Crippen LogP contribution is 2.28.